The van der Waals surface area contributed by atoms with Gasteiger partial charge in [0.2, 0.25) is 5.88 Å². The first kappa shape index (κ1) is 24.0. The van der Waals surface area contributed by atoms with Crippen molar-refractivity contribution >= 4 is 48.3 Å². The second-order valence-corrected chi connectivity index (χ2v) is 10.3. The van der Waals surface area contributed by atoms with E-state index in [1.165, 1.54) is 23.5 Å². The highest BCUT2D eigenvalue weighted by atomic mass is 32.2. The number of rotatable bonds is 8. The predicted molar refractivity (Wildman–Crippen MR) is 127 cm³/mol. The standard InChI is InChI=1S/C21H23N5O6S2/c1-34(29,30)15-4-2-14(3-5-15)18(25-26-8-11-31-12-9-26)19(28)24-21-22-16-6-7-17(32-13-10-27)23-20(16)33-21/h2-7,27H,8-13H2,1H3,(H,22,24,28). The Morgan fingerprint density at radius 2 is 1.94 bits per heavy atom. The smallest absolute Gasteiger partial charge is 0.278 e. The maximum atomic E-state index is 13.2. The van der Waals surface area contributed by atoms with Crippen LogP contribution in [0.25, 0.3) is 10.3 Å². The fourth-order valence-corrected chi connectivity index (χ4v) is 4.59. The summed E-state index contributed by atoms with van der Waals surface area (Å²) >= 11 is 1.17. The van der Waals surface area contributed by atoms with E-state index in [1.54, 1.807) is 29.3 Å². The highest BCUT2D eigenvalue weighted by molar-refractivity contribution is 7.90. The van der Waals surface area contributed by atoms with Gasteiger partial charge in [0.25, 0.3) is 5.91 Å². The van der Waals surface area contributed by atoms with Crippen LogP contribution >= 0.6 is 11.3 Å². The van der Waals surface area contributed by atoms with Gasteiger partial charge in [-0.3, -0.25) is 15.1 Å². The number of aromatic nitrogens is 2. The third-order valence-electron chi connectivity index (χ3n) is 4.79. The van der Waals surface area contributed by atoms with Crippen LogP contribution in [-0.4, -0.2) is 85.9 Å². The Bertz CT molecular complexity index is 1300. The monoisotopic (exact) mass is 505 g/mol. The molecule has 1 aliphatic heterocycles. The Labute approximate surface area is 200 Å². The van der Waals surface area contributed by atoms with Gasteiger partial charge in [-0.2, -0.15) is 5.10 Å². The van der Waals surface area contributed by atoms with Crippen molar-refractivity contribution in [2.45, 2.75) is 4.90 Å². The summed E-state index contributed by atoms with van der Waals surface area (Å²) in [6.45, 7) is 2.05. The van der Waals surface area contributed by atoms with Crippen LogP contribution in [0, 0.1) is 0 Å². The topological polar surface area (TPSA) is 143 Å². The van der Waals surface area contributed by atoms with Gasteiger partial charge in [0, 0.05) is 17.9 Å². The van der Waals surface area contributed by atoms with Crippen molar-refractivity contribution in [3.8, 4) is 5.88 Å². The maximum Gasteiger partial charge on any atom is 0.278 e. The molecule has 0 saturated carbocycles. The number of amides is 1. The molecule has 0 spiro atoms. The van der Waals surface area contributed by atoms with Crippen molar-refractivity contribution in [2.24, 2.45) is 5.10 Å². The molecule has 1 fully saturated rings. The third kappa shape index (κ3) is 5.86. The number of benzene rings is 1. The molecule has 1 amide bonds. The van der Waals surface area contributed by atoms with Gasteiger partial charge in [-0.15, -0.1) is 0 Å². The van der Waals surface area contributed by atoms with Crippen LogP contribution in [0.15, 0.2) is 46.4 Å². The molecule has 0 atom stereocenters. The summed E-state index contributed by atoms with van der Waals surface area (Å²) in [4.78, 5) is 22.7. The number of ether oxygens (including phenoxy) is 2. The number of hydrogen-bond acceptors (Lipinski definition) is 11. The molecule has 11 nitrogen and oxygen atoms in total. The number of pyridine rings is 1. The molecule has 1 aromatic carbocycles. The number of carbonyl (C=O) groups is 1. The molecule has 0 radical (unpaired) electrons. The number of fused-ring (bicyclic) bond motifs is 1. The van der Waals surface area contributed by atoms with Crippen molar-refractivity contribution < 1.29 is 27.8 Å². The summed E-state index contributed by atoms with van der Waals surface area (Å²) in [6, 6.07) is 9.36. The number of morpholine rings is 1. The van der Waals surface area contributed by atoms with Gasteiger partial charge < -0.3 is 14.6 Å². The Kier molecular flexibility index (Phi) is 7.36. The highest BCUT2D eigenvalue weighted by Crippen LogP contribution is 2.26. The van der Waals surface area contributed by atoms with E-state index in [1.807, 2.05) is 0 Å². The van der Waals surface area contributed by atoms with Gasteiger partial charge in [0.1, 0.15) is 17.0 Å². The van der Waals surface area contributed by atoms with Crippen LogP contribution in [-0.2, 0) is 19.4 Å². The second kappa shape index (κ2) is 10.4. The van der Waals surface area contributed by atoms with Gasteiger partial charge in [0.05, 0.1) is 37.8 Å². The van der Waals surface area contributed by atoms with Crippen molar-refractivity contribution in [1.82, 2.24) is 15.0 Å². The summed E-state index contributed by atoms with van der Waals surface area (Å²) in [6.07, 6.45) is 1.12. The molecule has 0 aliphatic carbocycles. The molecule has 2 N–H and O–H groups in total. The molecule has 34 heavy (non-hydrogen) atoms. The number of aliphatic hydroxyl groups excluding tert-OH is 1. The molecule has 2 aromatic heterocycles. The van der Waals surface area contributed by atoms with Gasteiger partial charge in [0.15, 0.2) is 20.7 Å². The minimum absolute atomic E-state index is 0.125. The average molecular weight is 506 g/mol. The predicted octanol–water partition coefficient (Wildman–Crippen LogP) is 1.14. The second-order valence-electron chi connectivity index (χ2n) is 7.33. The fourth-order valence-electron chi connectivity index (χ4n) is 3.13. The normalized spacial score (nSPS) is 14.9. The molecule has 1 saturated heterocycles. The van der Waals surface area contributed by atoms with Crippen LogP contribution in [0.2, 0.25) is 0 Å². The Morgan fingerprint density at radius 1 is 1.21 bits per heavy atom. The SMILES string of the molecule is CS(=O)(=O)c1ccc(C(=NN2CCOCC2)C(=O)Nc2nc3ccc(OCCO)nc3s2)cc1. The van der Waals surface area contributed by atoms with Gasteiger partial charge in [-0.25, -0.2) is 18.4 Å². The molecule has 0 bridgehead atoms. The van der Waals surface area contributed by atoms with Crippen molar-refractivity contribution in [1.29, 1.82) is 0 Å². The number of aliphatic hydroxyl groups is 1. The number of nitrogens with zero attached hydrogens (tertiary/aromatic N) is 4. The number of hydrogen-bond donors (Lipinski definition) is 2. The molecule has 1 aliphatic rings. The lowest BCUT2D eigenvalue weighted by Gasteiger charge is -2.24. The Hall–Kier alpha value is -3.13. The van der Waals surface area contributed by atoms with Crippen LogP contribution < -0.4 is 10.1 Å². The van der Waals surface area contributed by atoms with Crippen LogP contribution in [0.5, 0.6) is 5.88 Å². The van der Waals surface area contributed by atoms with E-state index in [0.29, 0.717) is 53.2 Å². The minimum Gasteiger partial charge on any atom is -0.475 e. The molecule has 13 heteroatoms. The molecule has 3 aromatic rings. The molecular formula is C21H23N5O6S2. The molecule has 180 valence electrons. The number of hydrazone groups is 1. The zero-order valence-electron chi connectivity index (χ0n) is 18.3. The van der Waals surface area contributed by atoms with Crippen LogP contribution in [0.1, 0.15) is 5.56 Å². The quantitative estimate of drug-likeness (QED) is 0.431. The highest BCUT2D eigenvalue weighted by Gasteiger charge is 2.20. The first-order chi connectivity index (χ1) is 16.3. The summed E-state index contributed by atoms with van der Waals surface area (Å²) in [7, 11) is -3.37. The van der Waals surface area contributed by atoms with Gasteiger partial charge in [-0.1, -0.05) is 23.5 Å². The summed E-state index contributed by atoms with van der Waals surface area (Å²) in [5.74, 6) is -0.141. The summed E-state index contributed by atoms with van der Waals surface area (Å²) in [5, 5.41) is 18.3. The lowest BCUT2D eigenvalue weighted by atomic mass is 10.1. The lowest BCUT2D eigenvalue weighted by molar-refractivity contribution is -0.110. The minimum atomic E-state index is -3.37. The molecule has 4 rings (SSSR count). The summed E-state index contributed by atoms with van der Waals surface area (Å²) in [5.41, 5.74) is 1.18. The zero-order chi connectivity index (χ0) is 24.1. The molecule has 3 heterocycles. The third-order valence-corrected chi connectivity index (χ3v) is 6.80. The molecule has 0 unspecified atom stereocenters. The lowest BCUT2D eigenvalue weighted by Crippen LogP contribution is -2.35. The number of anilines is 1. The summed E-state index contributed by atoms with van der Waals surface area (Å²) < 4.78 is 34.3. The number of sulfone groups is 1. The van der Waals surface area contributed by atoms with E-state index in [0.717, 1.165) is 6.26 Å². The van der Waals surface area contributed by atoms with E-state index in [9.17, 15) is 13.2 Å². The first-order valence-electron chi connectivity index (χ1n) is 10.4. The Morgan fingerprint density at radius 3 is 2.62 bits per heavy atom. The molecular weight excluding hydrogens is 482 g/mol. The maximum absolute atomic E-state index is 13.2. The Balaban J connectivity index is 1.60. The van der Waals surface area contributed by atoms with Gasteiger partial charge in [-0.05, 0) is 18.2 Å². The first-order valence-corrected chi connectivity index (χ1v) is 13.1. The van der Waals surface area contributed by atoms with E-state index in [-0.39, 0.29) is 23.8 Å². The van der Waals surface area contributed by atoms with E-state index >= 15 is 0 Å². The number of thiazole rings is 1. The average Bonchev–Trinajstić information content (AvgIpc) is 3.22. The van der Waals surface area contributed by atoms with Crippen molar-refractivity contribution in [2.75, 3.05) is 51.1 Å². The van der Waals surface area contributed by atoms with Crippen molar-refractivity contribution in [3.63, 3.8) is 0 Å². The largest absolute Gasteiger partial charge is 0.475 e. The van der Waals surface area contributed by atoms with Crippen molar-refractivity contribution in [3.05, 3.63) is 42.0 Å². The number of carbonyl (C=O) groups excluding carboxylic acids is 1. The van der Waals surface area contributed by atoms with E-state index in [4.69, 9.17) is 14.6 Å². The zero-order valence-corrected chi connectivity index (χ0v) is 19.9. The van der Waals surface area contributed by atoms with Gasteiger partial charge >= 0.3 is 0 Å². The van der Waals surface area contributed by atoms with Crippen LogP contribution in [0.3, 0.4) is 0 Å². The number of nitrogens with one attached hydrogen (secondary N) is 1. The van der Waals surface area contributed by atoms with Crippen LogP contribution in [0.4, 0.5) is 5.13 Å². The fraction of sp³-hybridized carbons (Fsp3) is 0.333. The van der Waals surface area contributed by atoms with E-state index < -0.39 is 15.7 Å². The van der Waals surface area contributed by atoms with E-state index in [2.05, 4.69) is 20.4 Å².